The maximum atomic E-state index is 13.4. The van der Waals surface area contributed by atoms with Gasteiger partial charge in [-0.1, -0.05) is 24.3 Å². The quantitative estimate of drug-likeness (QED) is 0.385. The van der Waals surface area contributed by atoms with Gasteiger partial charge in [0.15, 0.2) is 16.9 Å². The lowest BCUT2D eigenvalue weighted by Gasteiger charge is -2.19. The van der Waals surface area contributed by atoms with Gasteiger partial charge in [-0.25, -0.2) is 0 Å². The zero-order valence-electron chi connectivity index (χ0n) is 19.7. The van der Waals surface area contributed by atoms with Gasteiger partial charge < -0.3 is 29.1 Å². The van der Waals surface area contributed by atoms with Crippen molar-refractivity contribution in [3.63, 3.8) is 0 Å². The van der Waals surface area contributed by atoms with E-state index in [9.17, 15) is 14.7 Å². The van der Waals surface area contributed by atoms with Crippen LogP contribution >= 0.6 is 0 Å². The second-order valence-electron chi connectivity index (χ2n) is 8.49. The molecule has 0 bridgehead atoms. The molecule has 0 radical (unpaired) electrons. The van der Waals surface area contributed by atoms with Gasteiger partial charge in [0.1, 0.15) is 17.1 Å². The van der Waals surface area contributed by atoms with Crippen LogP contribution in [-0.4, -0.2) is 31.5 Å². The summed E-state index contributed by atoms with van der Waals surface area (Å²) >= 11 is 0. The Morgan fingerprint density at radius 3 is 2.58 bits per heavy atom. The fourth-order valence-corrected chi connectivity index (χ4v) is 4.34. The maximum Gasteiger partial charge on any atom is 0.231 e. The molecule has 36 heavy (non-hydrogen) atoms. The molecule has 0 fully saturated rings. The Hall–Kier alpha value is -4.46. The normalized spacial score (nSPS) is 12.9. The highest BCUT2D eigenvalue weighted by Gasteiger charge is 2.28. The van der Waals surface area contributed by atoms with E-state index in [-0.39, 0.29) is 35.9 Å². The Morgan fingerprint density at radius 1 is 1.06 bits per heavy atom. The number of hydrogen-bond donors (Lipinski definition) is 2. The number of fused-ring (bicyclic) bond motifs is 2. The van der Waals surface area contributed by atoms with Crippen molar-refractivity contribution in [2.75, 3.05) is 20.4 Å². The van der Waals surface area contributed by atoms with Crippen LogP contribution in [0.25, 0.3) is 11.0 Å². The molecule has 184 valence electrons. The molecule has 3 aromatic carbocycles. The summed E-state index contributed by atoms with van der Waals surface area (Å²) in [6, 6.07) is 17.6. The van der Waals surface area contributed by atoms with E-state index in [1.807, 2.05) is 24.3 Å². The lowest BCUT2D eigenvalue weighted by molar-refractivity contribution is -0.121. The van der Waals surface area contributed by atoms with Crippen molar-refractivity contribution in [1.82, 2.24) is 5.32 Å². The topological polar surface area (TPSA) is 107 Å². The minimum absolute atomic E-state index is 0.0346. The number of phenols is 1. The third-order valence-electron chi connectivity index (χ3n) is 6.26. The molecule has 2 N–H and O–H groups in total. The van der Waals surface area contributed by atoms with Crippen molar-refractivity contribution in [2.24, 2.45) is 0 Å². The van der Waals surface area contributed by atoms with E-state index in [0.717, 1.165) is 11.3 Å². The first-order valence-corrected chi connectivity index (χ1v) is 11.6. The first kappa shape index (κ1) is 23.3. The number of aromatic hydroxyl groups is 1. The summed E-state index contributed by atoms with van der Waals surface area (Å²) < 4.78 is 21.7. The van der Waals surface area contributed by atoms with Gasteiger partial charge in [0.25, 0.3) is 0 Å². The van der Waals surface area contributed by atoms with Crippen molar-refractivity contribution in [3.05, 3.63) is 93.8 Å². The van der Waals surface area contributed by atoms with Crippen LogP contribution in [0.1, 0.15) is 29.0 Å². The minimum Gasteiger partial charge on any atom is -0.508 e. The summed E-state index contributed by atoms with van der Waals surface area (Å²) in [6.45, 7) is 0.449. The molecule has 1 atom stereocenters. The van der Waals surface area contributed by atoms with Gasteiger partial charge in [0.05, 0.1) is 18.8 Å². The fraction of sp³-hybridized carbons (Fsp3) is 0.214. The Kier molecular flexibility index (Phi) is 6.49. The van der Waals surface area contributed by atoms with E-state index < -0.39 is 5.92 Å². The highest BCUT2D eigenvalue weighted by molar-refractivity contribution is 5.80. The van der Waals surface area contributed by atoms with Gasteiger partial charge >= 0.3 is 0 Å². The van der Waals surface area contributed by atoms with Crippen LogP contribution in [0.5, 0.6) is 23.0 Å². The molecule has 0 unspecified atom stereocenters. The molecule has 8 heteroatoms. The van der Waals surface area contributed by atoms with E-state index in [4.69, 9.17) is 18.6 Å². The highest BCUT2D eigenvalue weighted by atomic mass is 16.7. The summed E-state index contributed by atoms with van der Waals surface area (Å²) in [4.78, 5) is 26.4. The standard InChI is InChI=1S/C28H25NO7/c1-33-18-8-6-17(7-9-18)10-11-29-27(31)13-20(21-12-25-26(14-23(21)30)36-16-35-25)22-15-34-24-5-3-2-4-19(24)28(22)32/h2-9,12,14-15,20,30H,10-11,13,16H2,1H3,(H,29,31)/t20-/m1/s1. The van der Waals surface area contributed by atoms with E-state index in [2.05, 4.69) is 5.32 Å². The Bertz CT molecular complexity index is 1460. The van der Waals surface area contributed by atoms with Crippen LogP contribution < -0.4 is 25.0 Å². The Morgan fingerprint density at radius 2 is 1.81 bits per heavy atom. The van der Waals surface area contributed by atoms with Crippen LogP contribution in [-0.2, 0) is 11.2 Å². The van der Waals surface area contributed by atoms with E-state index in [0.29, 0.717) is 41.0 Å². The second-order valence-corrected chi connectivity index (χ2v) is 8.49. The van der Waals surface area contributed by atoms with Crippen molar-refractivity contribution in [2.45, 2.75) is 18.8 Å². The number of phenolic OH excluding ortho intramolecular Hbond substituents is 1. The number of ether oxygens (including phenoxy) is 3. The monoisotopic (exact) mass is 487 g/mol. The molecule has 0 saturated heterocycles. The van der Waals surface area contributed by atoms with Gasteiger partial charge in [0, 0.05) is 36.1 Å². The summed E-state index contributed by atoms with van der Waals surface area (Å²) in [6.07, 6.45) is 1.93. The second kappa shape index (κ2) is 10.0. The number of amides is 1. The number of carbonyl (C=O) groups excluding carboxylic acids is 1. The molecule has 4 aromatic rings. The molecule has 0 spiro atoms. The zero-order chi connectivity index (χ0) is 25.1. The van der Waals surface area contributed by atoms with Crippen molar-refractivity contribution in [3.8, 4) is 23.0 Å². The fourth-order valence-electron chi connectivity index (χ4n) is 4.34. The summed E-state index contributed by atoms with van der Waals surface area (Å²) in [5.41, 5.74) is 1.89. The largest absolute Gasteiger partial charge is 0.508 e. The van der Waals surface area contributed by atoms with Gasteiger partial charge in [-0.3, -0.25) is 9.59 Å². The average molecular weight is 488 g/mol. The minimum atomic E-state index is -0.763. The molecule has 1 aliphatic rings. The number of carbonyl (C=O) groups is 1. The first-order valence-electron chi connectivity index (χ1n) is 11.6. The molecule has 8 nitrogen and oxygen atoms in total. The number of methoxy groups -OCH3 is 1. The van der Waals surface area contributed by atoms with Crippen LogP contribution in [0, 0.1) is 0 Å². The number of hydrogen-bond acceptors (Lipinski definition) is 7. The first-order chi connectivity index (χ1) is 17.5. The maximum absolute atomic E-state index is 13.4. The summed E-state index contributed by atoms with van der Waals surface area (Å²) in [7, 11) is 1.61. The molecule has 0 aliphatic carbocycles. The van der Waals surface area contributed by atoms with Crippen LogP contribution in [0.15, 0.2) is 76.1 Å². The SMILES string of the molecule is COc1ccc(CCNC(=O)C[C@H](c2cc3c(cc2O)OCO3)c2coc3ccccc3c2=O)cc1. The Balaban J connectivity index is 1.41. The van der Waals surface area contributed by atoms with Gasteiger partial charge in [0.2, 0.25) is 12.7 Å². The molecule has 1 amide bonds. The molecular weight excluding hydrogens is 462 g/mol. The predicted octanol–water partition coefficient (Wildman–Crippen LogP) is 4.12. The zero-order valence-corrected chi connectivity index (χ0v) is 19.7. The average Bonchev–Trinajstić information content (AvgIpc) is 3.35. The summed E-state index contributed by atoms with van der Waals surface area (Å²) in [5, 5.41) is 14.1. The number of rotatable bonds is 8. The van der Waals surface area contributed by atoms with Crippen LogP contribution in [0.3, 0.4) is 0 Å². The molecule has 0 saturated carbocycles. The molecule has 5 rings (SSSR count). The van der Waals surface area contributed by atoms with Gasteiger partial charge in [-0.05, 0) is 42.3 Å². The smallest absolute Gasteiger partial charge is 0.231 e. The lowest BCUT2D eigenvalue weighted by atomic mass is 9.87. The van der Waals surface area contributed by atoms with Gasteiger partial charge in [-0.15, -0.1) is 0 Å². The highest BCUT2D eigenvalue weighted by Crippen LogP contribution is 2.42. The van der Waals surface area contributed by atoms with E-state index in [1.165, 1.54) is 12.3 Å². The lowest BCUT2D eigenvalue weighted by Crippen LogP contribution is -2.28. The third-order valence-corrected chi connectivity index (χ3v) is 6.26. The van der Waals surface area contributed by atoms with E-state index >= 15 is 0 Å². The predicted molar refractivity (Wildman–Crippen MR) is 133 cm³/mol. The molecule has 2 heterocycles. The number of benzene rings is 3. The number of nitrogens with one attached hydrogen (secondary N) is 1. The van der Waals surface area contributed by atoms with Crippen molar-refractivity contribution >= 4 is 16.9 Å². The Labute approximate surface area is 207 Å². The summed E-state index contributed by atoms with van der Waals surface area (Å²) in [5.74, 6) is 0.494. The van der Waals surface area contributed by atoms with Crippen LogP contribution in [0.4, 0.5) is 0 Å². The van der Waals surface area contributed by atoms with Crippen LogP contribution in [0.2, 0.25) is 0 Å². The van der Waals surface area contributed by atoms with Crippen molar-refractivity contribution in [1.29, 1.82) is 0 Å². The van der Waals surface area contributed by atoms with E-state index in [1.54, 1.807) is 37.4 Å². The van der Waals surface area contributed by atoms with Crippen molar-refractivity contribution < 1.29 is 28.5 Å². The number of para-hydroxylation sites is 1. The van der Waals surface area contributed by atoms with Gasteiger partial charge in [-0.2, -0.15) is 0 Å². The third kappa shape index (κ3) is 4.70. The molecular formula is C28H25NO7. The molecule has 1 aliphatic heterocycles. The molecule has 1 aromatic heterocycles.